The molecule has 0 saturated carbocycles. The summed E-state index contributed by atoms with van der Waals surface area (Å²) < 4.78 is 9.41. The molecule has 0 aromatic carbocycles. The van der Waals surface area contributed by atoms with Crippen LogP contribution in [0.5, 0.6) is 0 Å². The zero-order valence-corrected chi connectivity index (χ0v) is 14.3. The Morgan fingerprint density at radius 1 is 1.45 bits per heavy atom. The van der Waals surface area contributed by atoms with E-state index in [-0.39, 0.29) is 23.0 Å². The standard InChI is InChI=1S/C14H21IN2O3/c1-4-7-16-9-11(15)12(18)17(13(16)19)8-10-5-6-14(2,3)20-10/h9-10H,4-8H2,1-3H3. The first-order valence-electron chi connectivity index (χ1n) is 7.01. The Morgan fingerprint density at radius 2 is 2.15 bits per heavy atom. The Morgan fingerprint density at radius 3 is 2.70 bits per heavy atom. The van der Waals surface area contributed by atoms with Crippen molar-refractivity contribution in [2.75, 3.05) is 0 Å². The van der Waals surface area contributed by atoms with Gasteiger partial charge in [-0.15, -0.1) is 0 Å². The first-order valence-corrected chi connectivity index (χ1v) is 8.09. The predicted octanol–water partition coefficient (Wildman–Crippen LogP) is 1.98. The molecule has 0 aliphatic carbocycles. The molecule has 112 valence electrons. The first kappa shape index (κ1) is 15.8. The molecule has 2 rings (SSSR count). The summed E-state index contributed by atoms with van der Waals surface area (Å²) in [5.74, 6) is 0. The van der Waals surface area contributed by atoms with E-state index in [2.05, 4.69) is 0 Å². The fourth-order valence-electron chi connectivity index (χ4n) is 2.59. The predicted molar refractivity (Wildman–Crippen MR) is 86.2 cm³/mol. The van der Waals surface area contributed by atoms with Crippen LogP contribution in [-0.4, -0.2) is 20.8 Å². The van der Waals surface area contributed by atoms with Gasteiger partial charge < -0.3 is 4.74 Å². The quantitative estimate of drug-likeness (QED) is 0.737. The number of hydrogen-bond donors (Lipinski definition) is 0. The minimum atomic E-state index is -0.231. The van der Waals surface area contributed by atoms with E-state index in [0.29, 0.717) is 16.7 Å². The fourth-order valence-corrected chi connectivity index (χ4v) is 3.22. The number of hydrogen-bond acceptors (Lipinski definition) is 3. The Hall–Kier alpha value is -0.630. The third-order valence-electron chi connectivity index (χ3n) is 3.60. The molecule has 0 spiro atoms. The molecular formula is C14H21IN2O3. The van der Waals surface area contributed by atoms with E-state index in [4.69, 9.17) is 4.74 Å². The summed E-state index contributed by atoms with van der Waals surface area (Å²) in [6.45, 7) is 7.07. The van der Waals surface area contributed by atoms with Gasteiger partial charge in [-0.05, 0) is 55.7 Å². The van der Waals surface area contributed by atoms with E-state index in [9.17, 15) is 9.59 Å². The van der Waals surface area contributed by atoms with Crippen LogP contribution in [0.1, 0.15) is 40.0 Å². The van der Waals surface area contributed by atoms with Gasteiger partial charge in [-0.2, -0.15) is 0 Å². The van der Waals surface area contributed by atoms with E-state index in [1.807, 2.05) is 43.4 Å². The molecule has 6 heteroatoms. The Labute approximate surface area is 132 Å². The van der Waals surface area contributed by atoms with Crippen molar-refractivity contribution in [2.45, 2.75) is 64.8 Å². The molecule has 1 aliphatic rings. The van der Waals surface area contributed by atoms with Crippen LogP contribution in [0.15, 0.2) is 15.8 Å². The van der Waals surface area contributed by atoms with Crippen molar-refractivity contribution in [1.29, 1.82) is 0 Å². The number of nitrogens with zero attached hydrogens (tertiary/aromatic N) is 2. The molecule has 0 bridgehead atoms. The minimum absolute atomic E-state index is 0.0522. The van der Waals surface area contributed by atoms with Crippen molar-refractivity contribution < 1.29 is 4.74 Å². The van der Waals surface area contributed by atoms with Crippen LogP contribution in [0.2, 0.25) is 0 Å². The molecule has 5 nitrogen and oxygen atoms in total. The summed E-state index contributed by atoms with van der Waals surface area (Å²) in [5, 5.41) is 0. The van der Waals surface area contributed by atoms with Gasteiger partial charge in [0.25, 0.3) is 5.56 Å². The van der Waals surface area contributed by atoms with Crippen molar-refractivity contribution >= 4 is 22.6 Å². The highest BCUT2D eigenvalue weighted by Gasteiger charge is 2.32. The van der Waals surface area contributed by atoms with Gasteiger partial charge in [0.15, 0.2) is 0 Å². The molecule has 1 aromatic rings. The lowest BCUT2D eigenvalue weighted by molar-refractivity contribution is -0.0227. The molecule has 1 unspecified atom stereocenters. The van der Waals surface area contributed by atoms with E-state index in [0.717, 1.165) is 19.3 Å². The molecule has 2 heterocycles. The third kappa shape index (κ3) is 3.33. The second-order valence-corrected chi connectivity index (χ2v) is 7.07. The van der Waals surface area contributed by atoms with Crippen LogP contribution in [0.4, 0.5) is 0 Å². The van der Waals surface area contributed by atoms with Crippen LogP contribution in [-0.2, 0) is 17.8 Å². The van der Waals surface area contributed by atoms with Gasteiger partial charge in [-0.3, -0.25) is 13.9 Å². The molecule has 20 heavy (non-hydrogen) atoms. The van der Waals surface area contributed by atoms with Gasteiger partial charge >= 0.3 is 5.69 Å². The van der Waals surface area contributed by atoms with Crippen molar-refractivity contribution in [1.82, 2.24) is 9.13 Å². The van der Waals surface area contributed by atoms with Gasteiger partial charge in [0, 0.05) is 12.7 Å². The second-order valence-electron chi connectivity index (χ2n) is 5.91. The van der Waals surface area contributed by atoms with E-state index in [1.165, 1.54) is 4.57 Å². The van der Waals surface area contributed by atoms with Gasteiger partial charge in [-0.1, -0.05) is 6.92 Å². The Kier molecular flexibility index (Phi) is 4.73. The average Bonchev–Trinajstić information content (AvgIpc) is 2.71. The van der Waals surface area contributed by atoms with Crippen LogP contribution in [0, 0.1) is 3.57 Å². The van der Waals surface area contributed by atoms with Gasteiger partial charge in [0.05, 0.1) is 21.8 Å². The lowest BCUT2D eigenvalue weighted by atomic mass is 10.1. The maximum Gasteiger partial charge on any atom is 0.331 e. The summed E-state index contributed by atoms with van der Waals surface area (Å²) in [6, 6.07) is 0. The molecular weight excluding hydrogens is 371 g/mol. The number of aryl methyl sites for hydroxylation is 1. The summed E-state index contributed by atoms with van der Waals surface area (Å²) in [6.07, 6.45) is 4.30. The summed E-state index contributed by atoms with van der Waals surface area (Å²) >= 11 is 1.99. The molecule has 0 amide bonds. The van der Waals surface area contributed by atoms with Crippen LogP contribution >= 0.6 is 22.6 Å². The third-order valence-corrected chi connectivity index (χ3v) is 4.34. The second kappa shape index (κ2) is 6.01. The van der Waals surface area contributed by atoms with Crippen molar-refractivity contribution in [3.8, 4) is 0 Å². The SMILES string of the molecule is CCCn1cc(I)c(=O)n(CC2CCC(C)(C)O2)c1=O. The van der Waals surface area contributed by atoms with Crippen LogP contribution in [0.25, 0.3) is 0 Å². The lowest BCUT2D eigenvalue weighted by Gasteiger charge is -2.20. The molecule has 1 saturated heterocycles. The summed E-state index contributed by atoms with van der Waals surface area (Å²) in [5.41, 5.74) is -0.597. The normalized spacial score (nSPS) is 21.3. The average molecular weight is 392 g/mol. The molecule has 0 N–H and O–H groups in total. The zero-order valence-electron chi connectivity index (χ0n) is 12.2. The Balaban J connectivity index is 2.32. The number of aromatic nitrogens is 2. The van der Waals surface area contributed by atoms with E-state index >= 15 is 0 Å². The highest BCUT2D eigenvalue weighted by atomic mass is 127. The maximum absolute atomic E-state index is 12.3. The van der Waals surface area contributed by atoms with Gasteiger partial charge in [0.2, 0.25) is 0 Å². The van der Waals surface area contributed by atoms with Gasteiger partial charge in [0.1, 0.15) is 0 Å². The minimum Gasteiger partial charge on any atom is -0.370 e. The zero-order chi connectivity index (χ0) is 14.9. The highest BCUT2D eigenvalue weighted by Crippen LogP contribution is 2.29. The van der Waals surface area contributed by atoms with Gasteiger partial charge in [-0.25, -0.2) is 4.79 Å². The smallest absolute Gasteiger partial charge is 0.331 e. The van der Waals surface area contributed by atoms with Crippen molar-refractivity contribution in [3.63, 3.8) is 0 Å². The first-order chi connectivity index (χ1) is 9.34. The van der Waals surface area contributed by atoms with Crippen molar-refractivity contribution in [3.05, 3.63) is 30.6 Å². The Bertz CT molecular complexity index is 603. The monoisotopic (exact) mass is 392 g/mol. The molecule has 1 fully saturated rings. The lowest BCUT2D eigenvalue weighted by Crippen LogP contribution is -2.43. The van der Waals surface area contributed by atoms with E-state index < -0.39 is 0 Å². The summed E-state index contributed by atoms with van der Waals surface area (Å²) in [4.78, 5) is 24.5. The largest absolute Gasteiger partial charge is 0.370 e. The van der Waals surface area contributed by atoms with Crippen LogP contribution in [0.3, 0.4) is 0 Å². The fraction of sp³-hybridized carbons (Fsp3) is 0.714. The topological polar surface area (TPSA) is 53.2 Å². The number of halogens is 1. The van der Waals surface area contributed by atoms with Crippen molar-refractivity contribution in [2.24, 2.45) is 0 Å². The highest BCUT2D eigenvalue weighted by molar-refractivity contribution is 14.1. The molecule has 1 atom stereocenters. The number of ether oxygens (including phenoxy) is 1. The summed E-state index contributed by atoms with van der Waals surface area (Å²) in [7, 11) is 0. The molecule has 1 aliphatic heterocycles. The molecule has 0 radical (unpaired) electrons. The number of rotatable bonds is 4. The molecule has 1 aromatic heterocycles. The maximum atomic E-state index is 12.3. The van der Waals surface area contributed by atoms with E-state index in [1.54, 1.807) is 10.8 Å². The van der Waals surface area contributed by atoms with Crippen LogP contribution < -0.4 is 11.2 Å².